The van der Waals surface area contributed by atoms with Gasteiger partial charge in [-0.25, -0.2) is 0 Å². The molecule has 1 aliphatic heterocycles. The second-order valence-electron chi connectivity index (χ2n) is 18.6. The van der Waals surface area contributed by atoms with E-state index in [0.717, 1.165) is 78.0 Å². The smallest absolute Gasteiger partial charge is 0.228 e. The summed E-state index contributed by atoms with van der Waals surface area (Å²) in [6.45, 7) is 15.6. The molecular weight excluding hydrogens is 980 g/mol. The van der Waals surface area contributed by atoms with Crippen LogP contribution in [0.15, 0.2) is 174 Å². The molecule has 65 heavy (non-hydrogen) atoms. The van der Waals surface area contributed by atoms with Crippen LogP contribution in [-0.2, 0) is 31.9 Å². The summed E-state index contributed by atoms with van der Waals surface area (Å²) in [6, 6.07) is 64.8. The molecule has 0 N–H and O–H groups in total. The molecule has 0 saturated carbocycles. The number of pyridine rings is 1. The van der Waals surface area contributed by atoms with Gasteiger partial charge in [-0.2, -0.15) is 17.1 Å². The van der Waals surface area contributed by atoms with Crippen LogP contribution >= 0.6 is 0 Å². The van der Waals surface area contributed by atoms with E-state index in [1.807, 2.05) is 24.3 Å². The monoisotopic (exact) mass is 1030 g/mol. The van der Waals surface area contributed by atoms with Crippen molar-refractivity contribution >= 4 is 55.7 Å². The summed E-state index contributed by atoms with van der Waals surface area (Å²) >= 11 is 0. The number of rotatable bonds is 7. The molecule has 324 valence electrons. The molecule has 6 nitrogen and oxygen atoms in total. The molecule has 10 aromatic rings. The SMILES string of the molecule is CC(C)(C)c1ccc2c(c1)c1ccc(Oc3[c-]c(N4[CH-]N(c5c(-c6ccccc6)cccc5-c5ccccc5)c5ccccc54)ccc3)[c-]c1n2-c1cc(C(C)(C)C)c2ccoc2n1.[Pt]. The van der Waals surface area contributed by atoms with Gasteiger partial charge in [-0.3, -0.25) is 0 Å². The van der Waals surface area contributed by atoms with Crippen molar-refractivity contribution in [1.82, 2.24) is 9.55 Å². The van der Waals surface area contributed by atoms with E-state index in [4.69, 9.17) is 14.1 Å². The fraction of sp³-hybridized carbons (Fsp3) is 0.138. The van der Waals surface area contributed by atoms with Crippen LogP contribution in [-0.4, -0.2) is 9.55 Å². The first-order chi connectivity index (χ1) is 31.0. The average molecular weight is 1030 g/mol. The van der Waals surface area contributed by atoms with E-state index in [1.54, 1.807) is 6.26 Å². The molecule has 0 saturated heterocycles. The molecular formula is C58H47N4O2Pt-3. The molecule has 0 radical (unpaired) electrons. The van der Waals surface area contributed by atoms with Gasteiger partial charge in [0.1, 0.15) is 5.82 Å². The predicted octanol–water partition coefficient (Wildman–Crippen LogP) is 15.7. The number of nitrogens with zero attached hydrogens (tertiary/aromatic N) is 4. The number of para-hydroxylation sites is 3. The Morgan fingerprint density at radius 1 is 0.569 bits per heavy atom. The Hall–Kier alpha value is -6.88. The topological polar surface area (TPSA) is 46.7 Å². The van der Waals surface area contributed by atoms with Crippen molar-refractivity contribution in [3.05, 3.63) is 200 Å². The first-order valence-corrected chi connectivity index (χ1v) is 21.9. The molecule has 7 heteroatoms. The van der Waals surface area contributed by atoms with Gasteiger partial charge in [0.15, 0.2) is 0 Å². The van der Waals surface area contributed by atoms with Gasteiger partial charge in [0.2, 0.25) is 5.71 Å². The number of fused-ring (bicyclic) bond motifs is 5. The molecule has 0 atom stereocenters. The van der Waals surface area contributed by atoms with Gasteiger partial charge in [0.05, 0.1) is 6.26 Å². The standard InChI is InChI=1S/C58H47N4O2.Pt/c1-57(2,3)40-27-30-50-48(33-40)46-29-28-43(35-53(46)62(50)54-36-49(58(4,5)6)47-31-32-63-56(47)59-54)64-42-22-15-21-41(34-42)60-37-61(52-26-14-13-25-51(52)60)55-44(38-17-9-7-10-18-38)23-16-24-45(55)39-19-11-8-12-20-39;/h7-33,36-37H,1-6H3;/q-3;. The van der Waals surface area contributed by atoms with Crippen molar-refractivity contribution in [2.45, 2.75) is 52.4 Å². The number of hydrogen-bond acceptors (Lipinski definition) is 5. The van der Waals surface area contributed by atoms with Crippen LogP contribution in [0.1, 0.15) is 52.7 Å². The minimum absolute atomic E-state index is 0. The van der Waals surface area contributed by atoms with Gasteiger partial charge in [0.25, 0.3) is 0 Å². The number of ether oxygens (including phenoxy) is 1. The normalized spacial score (nSPS) is 12.8. The van der Waals surface area contributed by atoms with Crippen LogP contribution in [0.2, 0.25) is 0 Å². The molecule has 3 aromatic heterocycles. The van der Waals surface area contributed by atoms with Crippen molar-refractivity contribution in [2.75, 3.05) is 9.80 Å². The summed E-state index contributed by atoms with van der Waals surface area (Å²) in [4.78, 5) is 9.61. The second-order valence-corrected chi connectivity index (χ2v) is 18.6. The molecule has 0 fully saturated rings. The Morgan fingerprint density at radius 2 is 1.22 bits per heavy atom. The molecule has 7 aromatic carbocycles. The average Bonchev–Trinajstić information content (AvgIpc) is 4.02. The summed E-state index contributed by atoms with van der Waals surface area (Å²) in [7, 11) is 0. The van der Waals surface area contributed by atoms with E-state index in [1.165, 1.54) is 11.1 Å². The number of anilines is 4. The fourth-order valence-electron chi connectivity index (χ4n) is 9.10. The third-order valence-electron chi connectivity index (χ3n) is 12.3. The molecule has 0 unspecified atom stereocenters. The second kappa shape index (κ2) is 16.3. The van der Waals surface area contributed by atoms with Crippen LogP contribution in [0.3, 0.4) is 0 Å². The first kappa shape index (κ1) is 42.1. The maximum Gasteiger partial charge on any atom is 0.228 e. The molecule has 4 heterocycles. The van der Waals surface area contributed by atoms with E-state index >= 15 is 0 Å². The van der Waals surface area contributed by atoms with E-state index in [2.05, 4.69) is 214 Å². The van der Waals surface area contributed by atoms with Crippen molar-refractivity contribution in [3.63, 3.8) is 0 Å². The Labute approximate surface area is 395 Å². The van der Waals surface area contributed by atoms with Crippen LogP contribution < -0.4 is 14.5 Å². The fourth-order valence-corrected chi connectivity index (χ4v) is 9.10. The van der Waals surface area contributed by atoms with Gasteiger partial charge in [-0.1, -0.05) is 150 Å². The molecule has 0 spiro atoms. The Balaban J connectivity index is 0.00000498. The third-order valence-corrected chi connectivity index (χ3v) is 12.3. The van der Waals surface area contributed by atoms with Gasteiger partial charge >= 0.3 is 0 Å². The van der Waals surface area contributed by atoms with Gasteiger partial charge in [-0.05, 0) is 68.8 Å². The van der Waals surface area contributed by atoms with Gasteiger partial charge in [-0.15, -0.1) is 48.1 Å². The largest absolute Gasteiger partial charge is 0.509 e. The van der Waals surface area contributed by atoms with Crippen molar-refractivity contribution in [2.24, 2.45) is 0 Å². The van der Waals surface area contributed by atoms with Crippen LogP contribution in [0, 0.1) is 18.8 Å². The minimum Gasteiger partial charge on any atom is -0.509 e. The summed E-state index contributed by atoms with van der Waals surface area (Å²) in [6.07, 6.45) is 1.72. The zero-order chi connectivity index (χ0) is 43.7. The van der Waals surface area contributed by atoms with Crippen LogP contribution in [0.25, 0.3) is 61.0 Å². The maximum atomic E-state index is 6.72. The Kier molecular flexibility index (Phi) is 10.5. The molecule has 0 aliphatic carbocycles. The maximum absolute atomic E-state index is 6.72. The predicted molar refractivity (Wildman–Crippen MR) is 262 cm³/mol. The summed E-state index contributed by atoms with van der Waals surface area (Å²) in [5.41, 5.74) is 13.4. The van der Waals surface area contributed by atoms with Gasteiger partial charge < -0.3 is 23.5 Å². The molecule has 11 rings (SSSR count). The Bertz CT molecular complexity index is 3320. The Morgan fingerprint density at radius 3 is 1.89 bits per heavy atom. The summed E-state index contributed by atoms with van der Waals surface area (Å²) < 4.78 is 14.9. The molecule has 0 bridgehead atoms. The first-order valence-electron chi connectivity index (χ1n) is 21.9. The zero-order valence-corrected chi connectivity index (χ0v) is 39.4. The minimum atomic E-state index is -0.142. The molecule has 1 aliphatic rings. The zero-order valence-electron chi connectivity index (χ0n) is 37.2. The van der Waals surface area contributed by atoms with Crippen LogP contribution in [0.4, 0.5) is 22.7 Å². The summed E-state index contributed by atoms with van der Waals surface area (Å²) in [5, 5.41) is 3.22. The van der Waals surface area contributed by atoms with E-state index < -0.39 is 0 Å². The van der Waals surface area contributed by atoms with Gasteiger partial charge in [0, 0.05) is 71.7 Å². The number of furan rings is 1. The van der Waals surface area contributed by atoms with Crippen molar-refractivity contribution in [1.29, 1.82) is 0 Å². The number of hydrogen-bond donors (Lipinski definition) is 0. The quantitative estimate of drug-likeness (QED) is 0.149. The third kappa shape index (κ3) is 7.50. The van der Waals surface area contributed by atoms with Crippen molar-refractivity contribution in [3.8, 4) is 39.6 Å². The summed E-state index contributed by atoms with van der Waals surface area (Å²) in [5.74, 6) is 1.93. The van der Waals surface area contributed by atoms with Crippen LogP contribution in [0.5, 0.6) is 11.5 Å². The van der Waals surface area contributed by atoms with E-state index in [9.17, 15) is 0 Å². The van der Waals surface area contributed by atoms with E-state index in [0.29, 0.717) is 17.2 Å². The van der Waals surface area contributed by atoms with E-state index in [-0.39, 0.29) is 31.9 Å². The number of aromatic nitrogens is 2. The number of benzene rings is 7. The van der Waals surface area contributed by atoms with Crippen molar-refractivity contribution < 1.29 is 30.2 Å². The molecule has 0 amide bonds.